The maximum atomic E-state index is 12.7. The number of hydrazone groups is 2. The monoisotopic (exact) mass is 428 g/mol. The first-order valence-corrected chi connectivity index (χ1v) is 9.80. The number of hydrogen-bond acceptors (Lipinski definition) is 6. The highest BCUT2D eigenvalue weighted by atomic mass is 16.4. The molecule has 3 N–H and O–H groups in total. The summed E-state index contributed by atoms with van der Waals surface area (Å²) < 4.78 is 0. The lowest BCUT2D eigenvalue weighted by molar-refractivity contribution is -0.112. The lowest BCUT2D eigenvalue weighted by Gasteiger charge is -2.13. The normalized spacial score (nSPS) is 14.2. The fourth-order valence-electron chi connectivity index (χ4n) is 3.25. The summed E-state index contributed by atoms with van der Waals surface area (Å²) in [6.07, 6.45) is 1.35. The summed E-state index contributed by atoms with van der Waals surface area (Å²) in [5.74, 6) is -1.57. The minimum atomic E-state index is -1.06. The highest BCUT2D eigenvalue weighted by molar-refractivity contribution is 6.65. The highest BCUT2D eigenvalue weighted by Gasteiger charge is 2.26. The molecular weight excluding hydrogens is 408 g/mol. The van der Waals surface area contributed by atoms with Crippen molar-refractivity contribution in [3.05, 3.63) is 77.4 Å². The SMILES string of the molecule is Cc1ccc(N2N=CC(=NNc3cccc(-c4cccc(C(=O)O)c4)c3O)C2=O)cc1C. The van der Waals surface area contributed by atoms with Gasteiger partial charge in [-0.3, -0.25) is 10.2 Å². The quantitative estimate of drug-likeness (QED) is 0.417. The van der Waals surface area contributed by atoms with Gasteiger partial charge in [-0.15, -0.1) is 0 Å². The number of carboxylic acids is 1. The second kappa shape index (κ2) is 8.35. The van der Waals surface area contributed by atoms with Crippen LogP contribution in [0, 0.1) is 13.8 Å². The zero-order chi connectivity index (χ0) is 22.8. The minimum Gasteiger partial charge on any atom is -0.505 e. The Morgan fingerprint density at radius 1 is 1.03 bits per heavy atom. The third kappa shape index (κ3) is 3.93. The Bertz CT molecular complexity index is 1300. The number of aromatic carboxylic acids is 1. The molecule has 4 rings (SSSR count). The Balaban J connectivity index is 1.57. The topological polar surface area (TPSA) is 115 Å². The maximum Gasteiger partial charge on any atom is 0.335 e. The van der Waals surface area contributed by atoms with Gasteiger partial charge in [-0.2, -0.15) is 15.2 Å². The molecule has 0 aromatic heterocycles. The Morgan fingerprint density at radius 3 is 2.56 bits per heavy atom. The van der Waals surface area contributed by atoms with Crippen molar-refractivity contribution in [2.45, 2.75) is 13.8 Å². The summed E-state index contributed by atoms with van der Waals surface area (Å²) in [5, 5.41) is 29.4. The lowest BCUT2D eigenvalue weighted by Crippen LogP contribution is -2.26. The van der Waals surface area contributed by atoms with E-state index in [1.54, 1.807) is 30.3 Å². The second-order valence-electron chi connectivity index (χ2n) is 7.33. The molecule has 0 saturated heterocycles. The van der Waals surface area contributed by atoms with E-state index in [1.165, 1.54) is 23.4 Å². The van der Waals surface area contributed by atoms with Crippen molar-refractivity contribution >= 4 is 35.2 Å². The molecule has 160 valence electrons. The van der Waals surface area contributed by atoms with Crippen molar-refractivity contribution in [1.82, 2.24) is 0 Å². The molecule has 8 nitrogen and oxygen atoms in total. The number of nitrogens with zero attached hydrogens (tertiary/aromatic N) is 3. The number of benzene rings is 3. The molecule has 1 aliphatic heterocycles. The van der Waals surface area contributed by atoms with Crippen LogP contribution in [0.2, 0.25) is 0 Å². The Labute approximate surface area is 184 Å². The number of carboxylic acid groups (broad SMARTS) is 1. The predicted octanol–water partition coefficient (Wildman–Crippen LogP) is 4.17. The standard InChI is InChI=1S/C24H20N4O4/c1-14-9-10-18(11-15(14)2)28-23(30)21(13-25-28)27-26-20-8-4-7-19(22(20)29)16-5-3-6-17(12-16)24(31)32/h3-13,26,29H,1-2H3,(H,31,32). The summed E-state index contributed by atoms with van der Waals surface area (Å²) in [4.78, 5) is 24.0. The average molecular weight is 428 g/mol. The second-order valence-corrected chi connectivity index (χ2v) is 7.33. The van der Waals surface area contributed by atoms with E-state index in [2.05, 4.69) is 15.6 Å². The third-order valence-corrected chi connectivity index (χ3v) is 5.20. The highest BCUT2D eigenvalue weighted by Crippen LogP contribution is 2.35. The summed E-state index contributed by atoms with van der Waals surface area (Å²) in [6, 6.07) is 16.8. The largest absolute Gasteiger partial charge is 0.505 e. The van der Waals surface area contributed by atoms with E-state index in [1.807, 2.05) is 32.0 Å². The smallest absolute Gasteiger partial charge is 0.335 e. The van der Waals surface area contributed by atoms with Gasteiger partial charge < -0.3 is 10.2 Å². The van der Waals surface area contributed by atoms with E-state index in [9.17, 15) is 19.8 Å². The van der Waals surface area contributed by atoms with E-state index in [0.717, 1.165) is 11.1 Å². The Hall–Kier alpha value is -4.46. The molecule has 0 spiro atoms. The summed E-state index contributed by atoms with van der Waals surface area (Å²) >= 11 is 0. The summed E-state index contributed by atoms with van der Waals surface area (Å²) in [7, 11) is 0. The van der Waals surface area contributed by atoms with Crippen molar-refractivity contribution in [3.8, 4) is 16.9 Å². The minimum absolute atomic E-state index is 0.0842. The lowest BCUT2D eigenvalue weighted by atomic mass is 10.0. The molecular formula is C24H20N4O4. The van der Waals surface area contributed by atoms with Crippen LogP contribution in [0.4, 0.5) is 11.4 Å². The van der Waals surface area contributed by atoms with Gasteiger partial charge in [0.1, 0.15) is 5.75 Å². The first-order chi connectivity index (χ1) is 15.3. The predicted molar refractivity (Wildman–Crippen MR) is 123 cm³/mol. The van der Waals surface area contributed by atoms with Gasteiger partial charge >= 0.3 is 11.9 Å². The van der Waals surface area contributed by atoms with Gasteiger partial charge in [-0.1, -0.05) is 30.3 Å². The Morgan fingerprint density at radius 2 is 1.81 bits per heavy atom. The van der Waals surface area contributed by atoms with Gasteiger partial charge in [0, 0.05) is 5.56 Å². The fourth-order valence-corrected chi connectivity index (χ4v) is 3.25. The number of carbonyl (C=O) groups is 2. The molecule has 1 heterocycles. The van der Waals surface area contributed by atoms with E-state index in [-0.39, 0.29) is 22.7 Å². The average Bonchev–Trinajstić information content (AvgIpc) is 3.15. The number of phenolic OH excluding ortho intramolecular Hbond substituents is 1. The van der Waals surface area contributed by atoms with Crippen LogP contribution in [0.3, 0.4) is 0 Å². The van der Waals surface area contributed by atoms with Crippen LogP contribution in [-0.4, -0.2) is 34.0 Å². The van der Waals surface area contributed by atoms with Gasteiger partial charge in [0.05, 0.1) is 23.2 Å². The molecule has 0 bridgehead atoms. The molecule has 0 radical (unpaired) electrons. The molecule has 0 atom stereocenters. The molecule has 0 unspecified atom stereocenters. The van der Waals surface area contributed by atoms with Crippen LogP contribution in [0.1, 0.15) is 21.5 Å². The maximum absolute atomic E-state index is 12.7. The number of phenols is 1. The van der Waals surface area contributed by atoms with E-state index in [0.29, 0.717) is 16.8 Å². The van der Waals surface area contributed by atoms with Crippen molar-refractivity contribution in [2.24, 2.45) is 10.2 Å². The zero-order valence-electron chi connectivity index (χ0n) is 17.4. The van der Waals surface area contributed by atoms with Crippen LogP contribution in [0.15, 0.2) is 70.9 Å². The third-order valence-electron chi connectivity index (χ3n) is 5.20. The number of para-hydroxylation sites is 1. The van der Waals surface area contributed by atoms with Gasteiger partial charge in [0.2, 0.25) is 0 Å². The molecule has 1 aliphatic rings. The molecule has 3 aromatic carbocycles. The van der Waals surface area contributed by atoms with Gasteiger partial charge in [-0.25, -0.2) is 4.79 Å². The molecule has 0 aliphatic carbocycles. The van der Waals surface area contributed by atoms with Gasteiger partial charge in [0.15, 0.2) is 5.71 Å². The van der Waals surface area contributed by atoms with Crippen LogP contribution < -0.4 is 10.4 Å². The van der Waals surface area contributed by atoms with Crippen molar-refractivity contribution in [3.63, 3.8) is 0 Å². The molecule has 1 amide bonds. The molecule has 32 heavy (non-hydrogen) atoms. The fraction of sp³-hybridized carbons (Fsp3) is 0.0833. The summed E-state index contributed by atoms with van der Waals surface area (Å²) in [5.41, 5.74) is 6.94. The number of aromatic hydroxyl groups is 1. The number of carbonyl (C=O) groups excluding carboxylic acids is 1. The van der Waals surface area contributed by atoms with Crippen molar-refractivity contribution < 1.29 is 19.8 Å². The van der Waals surface area contributed by atoms with Gasteiger partial charge in [-0.05, 0) is 60.9 Å². The number of rotatable bonds is 5. The first-order valence-electron chi connectivity index (χ1n) is 9.80. The van der Waals surface area contributed by atoms with Crippen LogP contribution in [0.5, 0.6) is 5.75 Å². The first kappa shape index (κ1) is 20.8. The molecule has 8 heteroatoms. The molecule has 0 fully saturated rings. The van der Waals surface area contributed by atoms with Crippen LogP contribution in [0.25, 0.3) is 11.1 Å². The number of anilines is 2. The van der Waals surface area contributed by atoms with E-state index in [4.69, 9.17) is 0 Å². The van der Waals surface area contributed by atoms with Crippen LogP contribution >= 0.6 is 0 Å². The van der Waals surface area contributed by atoms with Crippen LogP contribution in [-0.2, 0) is 4.79 Å². The number of aryl methyl sites for hydroxylation is 2. The van der Waals surface area contributed by atoms with Gasteiger partial charge in [0.25, 0.3) is 0 Å². The summed E-state index contributed by atoms with van der Waals surface area (Å²) in [6.45, 7) is 3.95. The zero-order valence-corrected chi connectivity index (χ0v) is 17.4. The number of nitrogens with one attached hydrogen (secondary N) is 1. The molecule has 3 aromatic rings. The molecule has 0 saturated carbocycles. The number of hydrogen-bond donors (Lipinski definition) is 3. The van der Waals surface area contributed by atoms with Crippen molar-refractivity contribution in [1.29, 1.82) is 0 Å². The van der Waals surface area contributed by atoms with Crippen molar-refractivity contribution in [2.75, 3.05) is 10.4 Å². The van der Waals surface area contributed by atoms with E-state index < -0.39 is 11.9 Å². The number of amides is 1. The van der Waals surface area contributed by atoms with E-state index >= 15 is 0 Å². The Kier molecular flexibility index (Phi) is 5.43.